The fraction of sp³-hybridized carbons (Fsp3) is 0.600. The van der Waals surface area contributed by atoms with Gasteiger partial charge in [-0.15, -0.1) is 12.4 Å². The molecule has 7 heteroatoms. The normalized spacial score (nSPS) is 20.5. The number of carbonyl (C=O) groups is 2. The van der Waals surface area contributed by atoms with Crippen molar-refractivity contribution >= 4 is 24.4 Å². The fourth-order valence-electron chi connectivity index (χ4n) is 3.75. The topological polar surface area (TPSA) is 61.9 Å². The van der Waals surface area contributed by atoms with Crippen LogP contribution >= 0.6 is 12.4 Å². The lowest BCUT2D eigenvalue weighted by Crippen LogP contribution is -2.50. The molecule has 0 spiro atoms. The molecule has 0 radical (unpaired) electrons. The van der Waals surface area contributed by atoms with Gasteiger partial charge in [-0.1, -0.05) is 30.3 Å². The summed E-state index contributed by atoms with van der Waals surface area (Å²) in [6.07, 6.45) is 3.33. The molecule has 3 rings (SSSR count). The zero-order chi connectivity index (χ0) is 18.4. The van der Waals surface area contributed by atoms with Crippen LogP contribution in [0, 0.1) is 5.92 Å². The van der Waals surface area contributed by atoms with Crippen LogP contribution < -0.4 is 5.32 Å². The average molecular weight is 396 g/mol. The second-order valence-corrected chi connectivity index (χ2v) is 7.25. The smallest absolute Gasteiger partial charge is 0.410 e. The van der Waals surface area contributed by atoms with Gasteiger partial charge in [-0.3, -0.25) is 4.79 Å². The zero-order valence-electron chi connectivity index (χ0n) is 15.9. The number of rotatable bonds is 4. The van der Waals surface area contributed by atoms with Crippen LogP contribution in [0.3, 0.4) is 0 Å². The highest BCUT2D eigenvalue weighted by molar-refractivity contribution is 5.85. The number of piperidine rings is 2. The molecule has 1 aromatic carbocycles. The van der Waals surface area contributed by atoms with E-state index < -0.39 is 0 Å². The highest BCUT2D eigenvalue weighted by Crippen LogP contribution is 2.22. The molecule has 0 aromatic heterocycles. The van der Waals surface area contributed by atoms with Crippen molar-refractivity contribution in [2.75, 3.05) is 33.2 Å². The first kappa shape index (κ1) is 21.5. The van der Waals surface area contributed by atoms with E-state index >= 15 is 0 Å². The summed E-state index contributed by atoms with van der Waals surface area (Å²) < 4.78 is 5.39. The molecule has 2 aliphatic rings. The van der Waals surface area contributed by atoms with E-state index in [1.807, 2.05) is 42.3 Å². The first-order valence-electron chi connectivity index (χ1n) is 9.58. The third-order valence-corrected chi connectivity index (χ3v) is 5.47. The van der Waals surface area contributed by atoms with Crippen molar-refractivity contribution in [2.45, 2.75) is 38.3 Å². The summed E-state index contributed by atoms with van der Waals surface area (Å²) in [6, 6.07) is 9.97. The van der Waals surface area contributed by atoms with E-state index in [0.29, 0.717) is 32.0 Å². The van der Waals surface area contributed by atoms with Crippen LogP contribution in [0.2, 0.25) is 0 Å². The van der Waals surface area contributed by atoms with Crippen molar-refractivity contribution in [3.8, 4) is 0 Å². The van der Waals surface area contributed by atoms with Gasteiger partial charge in [-0.05, 0) is 37.8 Å². The molecule has 0 aliphatic carbocycles. The largest absolute Gasteiger partial charge is 0.445 e. The first-order chi connectivity index (χ1) is 12.6. The Kier molecular flexibility index (Phi) is 8.38. The Balaban J connectivity index is 0.00000261. The number of hydrogen-bond donors (Lipinski definition) is 1. The minimum absolute atomic E-state index is 0. The van der Waals surface area contributed by atoms with Gasteiger partial charge < -0.3 is 19.9 Å². The molecule has 2 heterocycles. The molecule has 150 valence electrons. The van der Waals surface area contributed by atoms with Crippen LogP contribution in [0.25, 0.3) is 0 Å². The number of hydrogen-bond acceptors (Lipinski definition) is 4. The molecular formula is C20H30ClN3O3. The Morgan fingerprint density at radius 3 is 2.52 bits per heavy atom. The second-order valence-electron chi connectivity index (χ2n) is 7.25. The van der Waals surface area contributed by atoms with E-state index in [9.17, 15) is 9.59 Å². The number of likely N-dealkylation sites (N-methyl/N-ethyl adjacent to an activating group) is 1. The van der Waals surface area contributed by atoms with Gasteiger partial charge in [0, 0.05) is 38.6 Å². The number of nitrogens with one attached hydrogen (secondary N) is 1. The number of nitrogens with zero attached hydrogens (tertiary/aromatic N) is 2. The first-order valence-corrected chi connectivity index (χ1v) is 9.58. The third kappa shape index (κ3) is 5.84. The molecule has 2 saturated heterocycles. The van der Waals surface area contributed by atoms with E-state index in [4.69, 9.17) is 4.74 Å². The summed E-state index contributed by atoms with van der Waals surface area (Å²) in [5.41, 5.74) is 0.980. The van der Waals surface area contributed by atoms with E-state index in [2.05, 4.69) is 5.32 Å². The summed E-state index contributed by atoms with van der Waals surface area (Å²) in [6.45, 7) is 3.38. The number of likely N-dealkylation sites (tertiary alicyclic amines) is 1. The maximum absolute atomic E-state index is 12.7. The summed E-state index contributed by atoms with van der Waals surface area (Å²) in [5, 5.41) is 3.36. The molecule has 0 bridgehead atoms. The summed E-state index contributed by atoms with van der Waals surface area (Å²) in [5.74, 6) is 0.233. The molecule has 27 heavy (non-hydrogen) atoms. The van der Waals surface area contributed by atoms with E-state index in [0.717, 1.165) is 31.5 Å². The van der Waals surface area contributed by atoms with Crippen LogP contribution in [0.1, 0.15) is 31.2 Å². The maximum Gasteiger partial charge on any atom is 0.410 e. The minimum atomic E-state index is -0.287. The van der Waals surface area contributed by atoms with Gasteiger partial charge >= 0.3 is 6.09 Å². The lowest BCUT2D eigenvalue weighted by molar-refractivity contribution is -0.138. The molecule has 2 aliphatic heterocycles. The monoisotopic (exact) mass is 395 g/mol. The lowest BCUT2D eigenvalue weighted by Gasteiger charge is -2.37. The zero-order valence-corrected chi connectivity index (χ0v) is 16.7. The second kappa shape index (κ2) is 10.5. The number of carbonyl (C=O) groups excluding carboxylic acids is 2. The van der Waals surface area contributed by atoms with Gasteiger partial charge in [-0.25, -0.2) is 4.79 Å². The summed E-state index contributed by atoms with van der Waals surface area (Å²) in [4.78, 5) is 28.6. The molecular weight excluding hydrogens is 366 g/mol. The van der Waals surface area contributed by atoms with Crippen molar-refractivity contribution in [1.82, 2.24) is 15.1 Å². The van der Waals surface area contributed by atoms with Crippen molar-refractivity contribution in [3.63, 3.8) is 0 Å². The Labute approximate surface area is 167 Å². The minimum Gasteiger partial charge on any atom is -0.445 e. The molecule has 1 aromatic rings. The van der Waals surface area contributed by atoms with Gasteiger partial charge in [0.05, 0.1) is 0 Å². The predicted molar refractivity (Wildman–Crippen MR) is 107 cm³/mol. The number of halogens is 1. The van der Waals surface area contributed by atoms with Crippen LogP contribution in [-0.2, 0) is 16.1 Å². The fourth-order valence-corrected chi connectivity index (χ4v) is 3.75. The van der Waals surface area contributed by atoms with Crippen molar-refractivity contribution in [3.05, 3.63) is 35.9 Å². The number of benzene rings is 1. The van der Waals surface area contributed by atoms with E-state index in [1.165, 1.54) is 0 Å². The average Bonchev–Trinajstić information content (AvgIpc) is 2.72. The highest BCUT2D eigenvalue weighted by atomic mass is 35.5. The molecule has 6 nitrogen and oxygen atoms in total. The third-order valence-electron chi connectivity index (χ3n) is 5.47. The van der Waals surface area contributed by atoms with Crippen LogP contribution in [-0.4, -0.2) is 61.1 Å². The molecule has 1 atom stereocenters. The van der Waals surface area contributed by atoms with Gasteiger partial charge in [0.25, 0.3) is 0 Å². The van der Waals surface area contributed by atoms with Gasteiger partial charge in [0.15, 0.2) is 0 Å². The molecule has 1 unspecified atom stereocenters. The Bertz CT molecular complexity index is 600. The lowest BCUT2D eigenvalue weighted by atomic mass is 9.94. The van der Waals surface area contributed by atoms with Crippen molar-refractivity contribution in [2.24, 2.45) is 5.92 Å². The Morgan fingerprint density at radius 1 is 1.19 bits per heavy atom. The quantitative estimate of drug-likeness (QED) is 0.851. The van der Waals surface area contributed by atoms with Crippen molar-refractivity contribution < 1.29 is 14.3 Å². The molecule has 2 fully saturated rings. The van der Waals surface area contributed by atoms with E-state index in [1.54, 1.807) is 4.90 Å². The van der Waals surface area contributed by atoms with Gasteiger partial charge in [-0.2, -0.15) is 0 Å². The standard InChI is InChI=1S/C20H29N3O3.ClH/c1-22(18-8-5-11-21-14-18)19(24)17-9-12-23(13-10-17)20(25)26-15-16-6-3-2-4-7-16;/h2-4,6-7,17-18,21H,5,8-15H2,1H3;1H. The Morgan fingerprint density at radius 2 is 1.89 bits per heavy atom. The summed E-state index contributed by atoms with van der Waals surface area (Å²) >= 11 is 0. The van der Waals surface area contributed by atoms with Crippen molar-refractivity contribution in [1.29, 1.82) is 0 Å². The molecule has 0 saturated carbocycles. The number of ether oxygens (including phenoxy) is 1. The van der Waals surface area contributed by atoms with Gasteiger partial charge in [0.2, 0.25) is 5.91 Å². The van der Waals surface area contributed by atoms with Crippen LogP contribution in [0.4, 0.5) is 4.79 Å². The van der Waals surface area contributed by atoms with Crippen LogP contribution in [0.5, 0.6) is 0 Å². The molecule has 1 N–H and O–H groups in total. The highest BCUT2D eigenvalue weighted by Gasteiger charge is 2.32. The SMILES string of the molecule is CN(C(=O)C1CCN(C(=O)OCc2ccccc2)CC1)C1CCCNC1.Cl. The van der Waals surface area contributed by atoms with Crippen LogP contribution in [0.15, 0.2) is 30.3 Å². The predicted octanol–water partition coefficient (Wildman–Crippen LogP) is 2.67. The Hall–Kier alpha value is -1.79. The number of amides is 2. The maximum atomic E-state index is 12.7. The van der Waals surface area contributed by atoms with Gasteiger partial charge in [0.1, 0.15) is 6.61 Å². The molecule has 2 amide bonds. The summed E-state index contributed by atoms with van der Waals surface area (Å²) in [7, 11) is 1.92. The van der Waals surface area contributed by atoms with E-state index in [-0.39, 0.29) is 36.9 Å².